The third kappa shape index (κ3) is 1.50. The number of carbonyl (C=O) groups excluding carboxylic acids is 1. The second-order valence-corrected chi connectivity index (χ2v) is 3.06. The van der Waals surface area contributed by atoms with Crippen LogP contribution in [0.1, 0.15) is 13.8 Å². The van der Waals surface area contributed by atoms with Crippen molar-refractivity contribution in [3.8, 4) is 0 Å². The third-order valence-electron chi connectivity index (χ3n) is 1.70. The molecule has 1 N–H and O–H groups in total. The topological polar surface area (TPSA) is 41.5 Å². The summed E-state index contributed by atoms with van der Waals surface area (Å²) in [7, 11) is 0. The number of hydrogen-bond acceptors (Lipinski definition) is 3. The smallest absolute Gasteiger partial charge is 0.234 e. The molecule has 1 unspecified atom stereocenters. The normalized spacial score (nSPS) is 33.2. The van der Waals surface area contributed by atoms with Crippen molar-refractivity contribution in [2.45, 2.75) is 13.8 Å². The van der Waals surface area contributed by atoms with Crippen molar-refractivity contribution < 1.29 is 4.79 Å². The maximum atomic E-state index is 11.0. The van der Waals surface area contributed by atoms with Gasteiger partial charge in [0.1, 0.15) is 0 Å². The maximum Gasteiger partial charge on any atom is 0.234 e. The van der Waals surface area contributed by atoms with Crippen LogP contribution < -0.4 is 4.72 Å². The largest absolute Gasteiger partial charge is 0.280 e. The van der Waals surface area contributed by atoms with Crippen molar-refractivity contribution in [2.24, 2.45) is 16.2 Å². The van der Waals surface area contributed by atoms with Gasteiger partial charge in [0.05, 0.1) is 12.1 Å². The lowest BCUT2D eigenvalue weighted by Gasteiger charge is -2.09. The van der Waals surface area contributed by atoms with E-state index in [1.165, 1.54) is 0 Å². The summed E-state index contributed by atoms with van der Waals surface area (Å²) in [4.78, 5) is 11.0. The SMILES string of the molecule is CC1C(=O)NSN=C[C@H]1C. The first-order valence-electron chi connectivity index (χ1n) is 3.21. The fraction of sp³-hybridized carbons (Fsp3) is 0.667. The third-order valence-corrected chi connectivity index (χ3v) is 2.22. The van der Waals surface area contributed by atoms with E-state index >= 15 is 0 Å². The highest BCUT2D eigenvalue weighted by Gasteiger charge is 2.20. The van der Waals surface area contributed by atoms with Crippen LogP contribution in [0, 0.1) is 11.8 Å². The molecule has 0 bridgehead atoms. The van der Waals surface area contributed by atoms with Crippen LogP contribution in [0.15, 0.2) is 4.40 Å². The van der Waals surface area contributed by atoms with Gasteiger partial charge in [-0.2, -0.15) is 0 Å². The molecule has 3 nitrogen and oxygen atoms in total. The van der Waals surface area contributed by atoms with E-state index in [1.807, 2.05) is 13.8 Å². The Kier molecular flexibility index (Phi) is 2.32. The van der Waals surface area contributed by atoms with Crippen LogP contribution in [-0.4, -0.2) is 12.1 Å². The fourth-order valence-electron chi connectivity index (χ4n) is 0.659. The lowest BCUT2D eigenvalue weighted by atomic mass is 9.97. The Morgan fingerprint density at radius 1 is 1.70 bits per heavy atom. The number of rotatable bonds is 0. The Morgan fingerprint density at radius 3 is 3.10 bits per heavy atom. The van der Waals surface area contributed by atoms with Crippen LogP contribution in [0.2, 0.25) is 0 Å². The standard InChI is InChI=1S/C6H10N2OS/c1-4-3-7-10-8-6(9)5(4)2/h3-5H,1-2H3,(H,8,9)/t4-,5?/m1/s1. The molecule has 2 atom stereocenters. The Morgan fingerprint density at radius 2 is 2.40 bits per heavy atom. The van der Waals surface area contributed by atoms with Crippen molar-refractivity contribution in [3.63, 3.8) is 0 Å². The quantitative estimate of drug-likeness (QED) is 0.535. The van der Waals surface area contributed by atoms with Gasteiger partial charge >= 0.3 is 0 Å². The zero-order valence-corrected chi connectivity index (χ0v) is 6.81. The molecule has 0 saturated heterocycles. The van der Waals surface area contributed by atoms with Gasteiger partial charge in [0, 0.05) is 18.1 Å². The lowest BCUT2D eigenvalue weighted by Crippen LogP contribution is -2.26. The minimum atomic E-state index is 0.0405. The number of nitrogens with zero attached hydrogens (tertiary/aromatic N) is 1. The summed E-state index contributed by atoms with van der Waals surface area (Å²) >= 11 is 1.10. The molecule has 0 aromatic rings. The summed E-state index contributed by atoms with van der Waals surface area (Å²) in [6, 6.07) is 0. The summed E-state index contributed by atoms with van der Waals surface area (Å²) in [6.45, 7) is 3.89. The maximum absolute atomic E-state index is 11.0. The zero-order valence-electron chi connectivity index (χ0n) is 6.00. The Bertz CT molecular complexity index is 169. The van der Waals surface area contributed by atoms with Gasteiger partial charge in [-0.05, 0) is 0 Å². The van der Waals surface area contributed by atoms with Crippen molar-refractivity contribution >= 4 is 24.3 Å². The zero-order chi connectivity index (χ0) is 7.56. The van der Waals surface area contributed by atoms with Crippen molar-refractivity contribution in [2.75, 3.05) is 0 Å². The number of nitrogens with one attached hydrogen (secondary N) is 1. The number of hydrogen-bond donors (Lipinski definition) is 1. The van der Waals surface area contributed by atoms with Gasteiger partial charge in [0.2, 0.25) is 5.91 Å². The molecule has 0 saturated carbocycles. The summed E-state index contributed by atoms with van der Waals surface area (Å²) in [5.41, 5.74) is 0. The van der Waals surface area contributed by atoms with Gasteiger partial charge in [0.15, 0.2) is 0 Å². The Labute approximate surface area is 64.6 Å². The van der Waals surface area contributed by atoms with E-state index < -0.39 is 0 Å². The van der Waals surface area contributed by atoms with Crippen LogP contribution >= 0.6 is 12.1 Å². The van der Waals surface area contributed by atoms with Crippen molar-refractivity contribution in [3.05, 3.63) is 0 Å². The number of amides is 1. The van der Waals surface area contributed by atoms with Gasteiger partial charge in [-0.1, -0.05) is 13.8 Å². The van der Waals surface area contributed by atoms with Crippen LogP contribution in [0.4, 0.5) is 0 Å². The molecule has 56 valence electrons. The van der Waals surface area contributed by atoms with Gasteiger partial charge in [-0.25, -0.2) is 4.40 Å². The van der Waals surface area contributed by atoms with E-state index in [9.17, 15) is 4.79 Å². The molecule has 1 aliphatic heterocycles. The first kappa shape index (κ1) is 7.60. The molecule has 1 aliphatic rings. The highest BCUT2D eigenvalue weighted by Crippen LogP contribution is 2.14. The van der Waals surface area contributed by atoms with E-state index in [0.29, 0.717) is 0 Å². The second-order valence-electron chi connectivity index (χ2n) is 2.46. The predicted octanol–water partition coefficient (Wildman–Crippen LogP) is 1.02. The predicted molar refractivity (Wildman–Crippen MR) is 42.6 cm³/mol. The molecule has 0 aromatic carbocycles. The number of carbonyl (C=O) groups is 1. The molecule has 0 spiro atoms. The molecule has 0 aliphatic carbocycles. The fourth-order valence-corrected chi connectivity index (χ4v) is 1.24. The monoisotopic (exact) mass is 158 g/mol. The summed E-state index contributed by atoms with van der Waals surface area (Å²) in [5.74, 6) is 0.351. The first-order valence-corrected chi connectivity index (χ1v) is 3.98. The van der Waals surface area contributed by atoms with Gasteiger partial charge < -0.3 is 0 Å². The minimum absolute atomic E-state index is 0.0405. The Hall–Kier alpha value is -0.510. The Balaban J connectivity index is 2.66. The molecule has 1 rings (SSSR count). The van der Waals surface area contributed by atoms with Crippen LogP contribution in [0.3, 0.4) is 0 Å². The second kappa shape index (κ2) is 3.05. The lowest BCUT2D eigenvalue weighted by molar-refractivity contribution is -0.123. The first-order chi connectivity index (χ1) is 4.72. The van der Waals surface area contributed by atoms with Gasteiger partial charge in [-0.15, -0.1) is 0 Å². The molecule has 1 heterocycles. The van der Waals surface area contributed by atoms with Crippen molar-refractivity contribution in [1.82, 2.24) is 4.72 Å². The summed E-state index contributed by atoms with van der Waals surface area (Å²) in [6.07, 6.45) is 1.80. The van der Waals surface area contributed by atoms with E-state index in [2.05, 4.69) is 9.12 Å². The summed E-state index contributed by atoms with van der Waals surface area (Å²) in [5, 5.41) is 0. The van der Waals surface area contributed by atoms with Gasteiger partial charge in [0.25, 0.3) is 0 Å². The molecule has 4 heteroatoms. The summed E-state index contributed by atoms with van der Waals surface area (Å²) < 4.78 is 6.52. The molecule has 0 radical (unpaired) electrons. The van der Waals surface area contributed by atoms with Gasteiger partial charge in [-0.3, -0.25) is 9.52 Å². The average molecular weight is 158 g/mol. The minimum Gasteiger partial charge on any atom is -0.280 e. The molecule has 0 fully saturated rings. The molecule has 0 aromatic heterocycles. The van der Waals surface area contributed by atoms with Crippen LogP contribution in [0.25, 0.3) is 0 Å². The molecular formula is C6H10N2OS. The molecule has 10 heavy (non-hydrogen) atoms. The molecule has 1 amide bonds. The van der Waals surface area contributed by atoms with E-state index in [-0.39, 0.29) is 17.7 Å². The molecular weight excluding hydrogens is 148 g/mol. The van der Waals surface area contributed by atoms with E-state index in [0.717, 1.165) is 12.1 Å². The average Bonchev–Trinajstić information content (AvgIpc) is 2.04. The van der Waals surface area contributed by atoms with Crippen molar-refractivity contribution in [1.29, 1.82) is 0 Å². The van der Waals surface area contributed by atoms with E-state index in [4.69, 9.17) is 0 Å². The van der Waals surface area contributed by atoms with Crippen LogP contribution in [0.5, 0.6) is 0 Å². The van der Waals surface area contributed by atoms with E-state index in [1.54, 1.807) is 6.21 Å². The van der Waals surface area contributed by atoms with Crippen LogP contribution in [-0.2, 0) is 4.79 Å². The highest BCUT2D eigenvalue weighted by atomic mass is 32.2. The highest BCUT2D eigenvalue weighted by molar-refractivity contribution is 7.96.